The molecule has 122 valence electrons. The van der Waals surface area contributed by atoms with Crippen molar-refractivity contribution in [2.75, 3.05) is 24.5 Å². The normalized spacial score (nSPS) is 10.3. The van der Waals surface area contributed by atoms with Crippen molar-refractivity contribution in [3.63, 3.8) is 0 Å². The number of nitrogens with one attached hydrogen (secondary N) is 1. The van der Waals surface area contributed by atoms with Crippen LogP contribution in [-0.2, 0) is 6.42 Å². The average molecular weight is 311 g/mol. The van der Waals surface area contributed by atoms with E-state index in [9.17, 15) is 4.79 Å². The van der Waals surface area contributed by atoms with Gasteiger partial charge in [-0.3, -0.25) is 9.78 Å². The number of aryl methyl sites for hydroxylation is 1. The van der Waals surface area contributed by atoms with E-state index < -0.39 is 0 Å². The summed E-state index contributed by atoms with van der Waals surface area (Å²) in [5, 5.41) is 2.95. The van der Waals surface area contributed by atoms with Crippen LogP contribution in [0.1, 0.15) is 36.3 Å². The first-order valence-electron chi connectivity index (χ1n) is 8.27. The molecule has 23 heavy (non-hydrogen) atoms. The first-order chi connectivity index (χ1) is 11.2. The number of anilines is 1. The van der Waals surface area contributed by atoms with Crippen molar-refractivity contribution in [1.82, 2.24) is 10.3 Å². The van der Waals surface area contributed by atoms with E-state index in [1.165, 1.54) is 5.56 Å². The van der Waals surface area contributed by atoms with Crippen LogP contribution in [0.15, 0.2) is 48.7 Å². The Balaban J connectivity index is 1.84. The Morgan fingerprint density at radius 3 is 2.57 bits per heavy atom. The van der Waals surface area contributed by atoms with Crippen LogP contribution in [-0.4, -0.2) is 30.5 Å². The number of hydrogen-bond acceptors (Lipinski definition) is 3. The topological polar surface area (TPSA) is 45.2 Å². The minimum Gasteiger partial charge on any atom is -0.372 e. The molecule has 0 saturated carbocycles. The lowest BCUT2D eigenvalue weighted by atomic mass is 10.1. The predicted molar refractivity (Wildman–Crippen MR) is 94.9 cm³/mol. The van der Waals surface area contributed by atoms with E-state index in [2.05, 4.69) is 41.2 Å². The Morgan fingerprint density at radius 2 is 1.87 bits per heavy atom. The number of benzene rings is 1. The van der Waals surface area contributed by atoms with Crippen LogP contribution in [0.4, 0.5) is 5.69 Å². The summed E-state index contributed by atoms with van der Waals surface area (Å²) in [6.07, 6.45) is 3.59. The maximum Gasteiger partial charge on any atom is 0.269 e. The highest BCUT2D eigenvalue weighted by atomic mass is 16.1. The van der Waals surface area contributed by atoms with Crippen LogP contribution >= 0.6 is 0 Å². The highest BCUT2D eigenvalue weighted by molar-refractivity contribution is 5.93. The lowest BCUT2D eigenvalue weighted by molar-refractivity contribution is 0.0948. The van der Waals surface area contributed by atoms with Crippen molar-refractivity contribution in [3.8, 4) is 0 Å². The summed E-state index contributed by atoms with van der Waals surface area (Å²) in [5.41, 5.74) is 2.82. The number of rotatable bonds is 8. The molecule has 1 heterocycles. The van der Waals surface area contributed by atoms with E-state index in [4.69, 9.17) is 0 Å². The highest BCUT2D eigenvalue weighted by Gasteiger charge is 2.09. The Labute approximate surface area is 138 Å². The quantitative estimate of drug-likeness (QED) is 0.761. The second-order valence-corrected chi connectivity index (χ2v) is 5.42. The van der Waals surface area contributed by atoms with E-state index in [1.54, 1.807) is 6.20 Å². The van der Waals surface area contributed by atoms with Crippen LogP contribution in [0.25, 0.3) is 0 Å². The van der Waals surface area contributed by atoms with Crippen molar-refractivity contribution in [2.45, 2.75) is 26.7 Å². The monoisotopic (exact) mass is 311 g/mol. The molecule has 0 spiro atoms. The second kappa shape index (κ2) is 8.93. The van der Waals surface area contributed by atoms with Gasteiger partial charge in [-0.2, -0.15) is 0 Å². The number of nitrogens with zero attached hydrogens (tertiary/aromatic N) is 2. The van der Waals surface area contributed by atoms with Crippen LogP contribution in [0, 0.1) is 0 Å². The maximum atomic E-state index is 12.2. The fraction of sp³-hybridized carbons (Fsp3) is 0.368. The first kappa shape index (κ1) is 17.0. The first-order valence-corrected chi connectivity index (χ1v) is 8.27. The summed E-state index contributed by atoms with van der Waals surface area (Å²) >= 11 is 0. The van der Waals surface area contributed by atoms with Crippen LogP contribution in [0.2, 0.25) is 0 Å². The molecule has 0 aliphatic heterocycles. The number of aromatic nitrogens is 1. The van der Waals surface area contributed by atoms with E-state index >= 15 is 0 Å². The molecular weight excluding hydrogens is 286 g/mol. The third kappa shape index (κ3) is 5.09. The summed E-state index contributed by atoms with van der Waals surface area (Å²) in [6, 6.07) is 14.1. The molecule has 0 unspecified atom stereocenters. The lowest BCUT2D eigenvalue weighted by Gasteiger charge is -2.21. The Bertz CT molecular complexity index is 609. The van der Waals surface area contributed by atoms with E-state index in [-0.39, 0.29) is 5.91 Å². The van der Waals surface area contributed by atoms with Gasteiger partial charge < -0.3 is 10.2 Å². The van der Waals surface area contributed by atoms with Crippen molar-refractivity contribution < 1.29 is 4.79 Å². The molecule has 2 aromatic rings. The van der Waals surface area contributed by atoms with Gasteiger partial charge in [-0.25, -0.2) is 0 Å². The van der Waals surface area contributed by atoms with Gasteiger partial charge in [0.25, 0.3) is 5.91 Å². The molecule has 1 amide bonds. The summed E-state index contributed by atoms with van der Waals surface area (Å²) < 4.78 is 0. The van der Waals surface area contributed by atoms with Gasteiger partial charge in [-0.15, -0.1) is 0 Å². The maximum absolute atomic E-state index is 12.2. The summed E-state index contributed by atoms with van der Waals surface area (Å²) in [7, 11) is 0. The second-order valence-electron chi connectivity index (χ2n) is 5.42. The zero-order valence-corrected chi connectivity index (χ0v) is 14.0. The number of carbonyl (C=O) groups is 1. The highest BCUT2D eigenvalue weighted by Crippen LogP contribution is 2.14. The van der Waals surface area contributed by atoms with Crippen molar-refractivity contribution >= 4 is 11.6 Å². The molecule has 0 fully saturated rings. The molecule has 1 aromatic heterocycles. The minimum absolute atomic E-state index is 0.105. The molecular formula is C19H25N3O. The van der Waals surface area contributed by atoms with Crippen molar-refractivity contribution in [2.24, 2.45) is 0 Å². The fourth-order valence-electron chi connectivity index (χ4n) is 2.56. The summed E-state index contributed by atoms with van der Waals surface area (Å²) in [6.45, 7) is 6.70. The molecule has 0 bridgehead atoms. The molecule has 1 N–H and O–H groups in total. The zero-order valence-electron chi connectivity index (χ0n) is 14.0. The zero-order chi connectivity index (χ0) is 16.5. The van der Waals surface area contributed by atoms with Gasteiger partial charge in [-0.05, 0) is 44.4 Å². The summed E-state index contributed by atoms with van der Waals surface area (Å²) in [4.78, 5) is 18.6. The number of amides is 1. The fourth-order valence-corrected chi connectivity index (χ4v) is 2.56. The molecule has 4 heteroatoms. The van der Waals surface area contributed by atoms with Gasteiger partial charge >= 0.3 is 0 Å². The van der Waals surface area contributed by atoms with Gasteiger partial charge in [0.1, 0.15) is 5.69 Å². The van der Waals surface area contributed by atoms with Crippen LogP contribution in [0.5, 0.6) is 0 Å². The third-order valence-electron chi connectivity index (χ3n) is 3.88. The van der Waals surface area contributed by atoms with E-state index in [1.807, 2.05) is 30.3 Å². The number of pyridine rings is 1. The minimum atomic E-state index is -0.105. The van der Waals surface area contributed by atoms with Crippen molar-refractivity contribution in [1.29, 1.82) is 0 Å². The Kier molecular flexibility index (Phi) is 6.60. The van der Waals surface area contributed by atoms with Crippen molar-refractivity contribution in [3.05, 3.63) is 59.9 Å². The largest absolute Gasteiger partial charge is 0.372 e. The summed E-state index contributed by atoms with van der Waals surface area (Å²) in [5.74, 6) is -0.105. The van der Waals surface area contributed by atoms with E-state index in [0.29, 0.717) is 12.2 Å². The average Bonchev–Trinajstić information content (AvgIpc) is 2.61. The lowest BCUT2D eigenvalue weighted by Crippen LogP contribution is -2.27. The van der Waals surface area contributed by atoms with Gasteiger partial charge in [0.2, 0.25) is 0 Å². The smallest absolute Gasteiger partial charge is 0.269 e. The Hall–Kier alpha value is -2.36. The predicted octanol–water partition coefficient (Wildman–Crippen LogP) is 3.29. The van der Waals surface area contributed by atoms with Gasteiger partial charge in [0.05, 0.1) is 0 Å². The van der Waals surface area contributed by atoms with Gasteiger partial charge in [0, 0.05) is 31.5 Å². The van der Waals surface area contributed by atoms with Gasteiger partial charge in [-0.1, -0.05) is 30.3 Å². The SMILES string of the molecule is CCN(CC)c1ccnc(C(=O)NCCCc2ccccc2)c1. The number of carbonyl (C=O) groups excluding carboxylic acids is 1. The Morgan fingerprint density at radius 1 is 1.13 bits per heavy atom. The number of hydrogen-bond donors (Lipinski definition) is 1. The molecule has 0 aliphatic carbocycles. The van der Waals surface area contributed by atoms with Crippen LogP contribution < -0.4 is 10.2 Å². The molecule has 2 rings (SSSR count). The molecule has 1 aromatic carbocycles. The third-order valence-corrected chi connectivity index (χ3v) is 3.88. The molecule has 0 saturated heterocycles. The van der Waals surface area contributed by atoms with Crippen LogP contribution in [0.3, 0.4) is 0 Å². The molecule has 0 aliphatic rings. The van der Waals surface area contributed by atoms with Gasteiger partial charge in [0.15, 0.2) is 0 Å². The molecule has 0 radical (unpaired) electrons. The molecule has 0 atom stereocenters. The van der Waals surface area contributed by atoms with E-state index in [0.717, 1.165) is 31.6 Å². The standard InChI is InChI=1S/C19H25N3O/c1-3-22(4-2)17-12-14-20-18(15-17)19(23)21-13-8-11-16-9-6-5-7-10-16/h5-7,9-10,12,14-15H,3-4,8,11,13H2,1-2H3,(H,21,23). The molecule has 4 nitrogen and oxygen atoms in total.